The number of ether oxygens (including phenoxy) is 2. The molecule has 0 aliphatic carbocycles. The van der Waals surface area contributed by atoms with Gasteiger partial charge in [0.15, 0.2) is 11.5 Å². The van der Waals surface area contributed by atoms with E-state index in [1.165, 1.54) is 0 Å². The van der Waals surface area contributed by atoms with Crippen molar-refractivity contribution >= 4 is 34.8 Å². The van der Waals surface area contributed by atoms with Crippen molar-refractivity contribution in [2.24, 2.45) is 4.99 Å². The van der Waals surface area contributed by atoms with E-state index in [1.54, 1.807) is 29.2 Å². The lowest BCUT2D eigenvalue weighted by molar-refractivity contribution is 0.174. The van der Waals surface area contributed by atoms with Crippen LogP contribution in [0.3, 0.4) is 0 Å². The molecule has 0 saturated carbocycles. The van der Waals surface area contributed by atoms with Gasteiger partial charge < -0.3 is 14.8 Å². The van der Waals surface area contributed by atoms with Gasteiger partial charge in [0, 0.05) is 29.7 Å². The summed E-state index contributed by atoms with van der Waals surface area (Å²) in [5.74, 6) is 2.06. The Bertz CT molecular complexity index is 885. The Kier molecular flexibility index (Phi) is 5.16. The first-order valence-electron chi connectivity index (χ1n) is 9.00. The van der Waals surface area contributed by atoms with Crippen molar-refractivity contribution in [2.75, 3.05) is 23.6 Å². The lowest BCUT2D eigenvalue weighted by Crippen LogP contribution is -2.40. The van der Waals surface area contributed by atoms with Gasteiger partial charge in [-0.1, -0.05) is 24.1 Å². The van der Waals surface area contributed by atoms with Crippen molar-refractivity contribution in [3.8, 4) is 11.5 Å². The molecule has 2 aromatic carbocycles. The fourth-order valence-corrected chi connectivity index (χ4v) is 3.39. The fourth-order valence-electron chi connectivity index (χ4n) is 3.19. The van der Waals surface area contributed by atoms with Crippen LogP contribution >= 0.6 is 11.6 Å². The Morgan fingerprint density at radius 3 is 2.85 bits per heavy atom. The van der Waals surface area contributed by atoms with Crippen LogP contribution in [0.25, 0.3) is 0 Å². The highest BCUT2D eigenvalue weighted by Gasteiger charge is 2.25. The van der Waals surface area contributed by atoms with E-state index in [0.717, 1.165) is 38.1 Å². The largest absolute Gasteiger partial charge is 0.454 e. The molecule has 0 aromatic heterocycles. The van der Waals surface area contributed by atoms with Gasteiger partial charge in [-0.15, -0.1) is 0 Å². The average Bonchev–Trinajstić information content (AvgIpc) is 2.96. The summed E-state index contributed by atoms with van der Waals surface area (Å²) in [5, 5.41) is 3.48. The highest BCUT2D eigenvalue weighted by Crippen LogP contribution is 2.36. The number of aliphatic imine (C=N–C) groups is 1. The van der Waals surface area contributed by atoms with Crippen LogP contribution in [-0.4, -0.2) is 25.2 Å². The summed E-state index contributed by atoms with van der Waals surface area (Å²) in [6.45, 7) is 0.912. The summed E-state index contributed by atoms with van der Waals surface area (Å²) < 4.78 is 10.9. The number of hydrogen-bond acceptors (Lipinski definition) is 4. The molecule has 2 heterocycles. The van der Waals surface area contributed by atoms with E-state index in [2.05, 4.69) is 10.3 Å². The molecular formula is C20H20ClN3O3. The highest BCUT2D eigenvalue weighted by atomic mass is 35.5. The molecule has 0 atom stereocenters. The van der Waals surface area contributed by atoms with E-state index in [0.29, 0.717) is 27.9 Å². The van der Waals surface area contributed by atoms with Crippen molar-refractivity contribution in [2.45, 2.75) is 25.7 Å². The van der Waals surface area contributed by atoms with Gasteiger partial charge in [-0.05, 0) is 43.2 Å². The van der Waals surface area contributed by atoms with Crippen LogP contribution in [0.2, 0.25) is 5.02 Å². The predicted octanol–water partition coefficient (Wildman–Crippen LogP) is 5.08. The molecule has 27 heavy (non-hydrogen) atoms. The minimum Gasteiger partial charge on any atom is -0.454 e. The van der Waals surface area contributed by atoms with Gasteiger partial charge in [-0.3, -0.25) is 9.89 Å². The third-order valence-electron chi connectivity index (χ3n) is 4.50. The van der Waals surface area contributed by atoms with Crippen LogP contribution in [0.1, 0.15) is 25.7 Å². The average molecular weight is 386 g/mol. The number of carbonyl (C=O) groups excluding carboxylic acids is 1. The van der Waals surface area contributed by atoms with Crippen molar-refractivity contribution in [3.63, 3.8) is 0 Å². The van der Waals surface area contributed by atoms with Gasteiger partial charge in [0.25, 0.3) is 0 Å². The topological polar surface area (TPSA) is 63.2 Å². The number of carbonyl (C=O) groups is 1. The van der Waals surface area contributed by atoms with Crippen molar-refractivity contribution < 1.29 is 14.3 Å². The number of halogens is 1. The molecule has 6 nitrogen and oxygen atoms in total. The summed E-state index contributed by atoms with van der Waals surface area (Å²) in [5.41, 5.74) is 1.33. The Morgan fingerprint density at radius 2 is 1.96 bits per heavy atom. The number of benzene rings is 2. The molecule has 2 amide bonds. The molecule has 7 heteroatoms. The first kappa shape index (κ1) is 17.7. The van der Waals surface area contributed by atoms with Crippen LogP contribution in [-0.2, 0) is 0 Å². The van der Waals surface area contributed by atoms with Gasteiger partial charge in [0.2, 0.25) is 6.79 Å². The van der Waals surface area contributed by atoms with Crippen LogP contribution in [0, 0.1) is 0 Å². The molecule has 2 aliphatic heterocycles. The normalized spacial score (nSPS) is 15.7. The number of fused-ring (bicyclic) bond motifs is 1. The van der Waals surface area contributed by atoms with Crippen molar-refractivity contribution in [3.05, 3.63) is 47.5 Å². The Morgan fingerprint density at radius 1 is 1.07 bits per heavy atom. The molecule has 0 spiro atoms. The summed E-state index contributed by atoms with van der Waals surface area (Å²) in [6.07, 6.45) is 3.90. The van der Waals surface area contributed by atoms with E-state index in [4.69, 9.17) is 21.1 Å². The third-order valence-corrected chi connectivity index (χ3v) is 4.74. The number of nitrogens with zero attached hydrogens (tertiary/aromatic N) is 2. The number of rotatable bonds is 2. The molecule has 4 rings (SSSR count). The number of nitrogens with one attached hydrogen (secondary N) is 1. The number of amidine groups is 1. The van der Waals surface area contributed by atoms with E-state index in [1.807, 2.05) is 18.2 Å². The first-order chi connectivity index (χ1) is 13.2. The zero-order valence-electron chi connectivity index (χ0n) is 14.8. The molecule has 0 saturated heterocycles. The first-order valence-corrected chi connectivity index (χ1v) is 9.38. The summed E-state index contributed by atoms with van der Waals surface area (Å²) in [6, 6.07) is 12.3. The maximum absolute atomic E-state index is 13.2. The molecule has 1 N–H and O–H groups in total. The van der Waals surface area contributed by atoms with Crippen LogP contribution in [0.4, 0.5) is 16.2 Å². The minimum atomic E-state index is -0.281. The van der Waals surface area contributed by atoms with Gasteiger partial charge >= 0.3 is 6.03 Å². The van der Waals surface area contributed by atoms with Crippen LogP contribution in [0.5, 0.6) is 11.5 Å². The standard InChI is InChI=1S/C20H20ClN3O3/c21-14-5-4-6-15(11-14)23-20(25)24(19-7-2-1-3-10-22-19)16-8-9-17-18(12-16)27-13-26-17/h4-6,8-9,11-12H,1-3,7,10,13H2,(H,23,25). The molecule has 2 aromatic rings. The van der Waals surface area contributed by atoms with Crippen molar-refractivity contribution in [1.82, 2.24) is 0 Å². The minimum absolute atomic E-state index is 0.189. The third kappa shape index (κ3) is 4.01. The van der Waals surface area contributed by atoms with Gasteiger partial charge in [-0.25, -0.2) is 4.79 Å². The van der Waals surface area contributed by atoms with Crippen molar-refractivity contribution in [1.29, 1.82) is 0 Å². The van der Waals surface area contributed by atoms with E-state index >= 15 is 0 Å². The zero-order valence-corrected chi connectivity index (χ0v) is 15.5. The maximum Gasteiger partial charge on any atom is 0.331 e. The number of anilines is 2. The second-order valence-corrected chi connectivity index (χ2v) is 6.86. The quantitative estimate of drug-likeness (QED) is 0.784. The summed E-state index contributed by atoms with van der Waals surface area (Å²) >= 11 is 6.04. The molecule has 2 aliphatic rings. The van der Waals surface area contributed by atoms with E-state index < -0.39 is 0 Å². The molecular weight excluding hydrogens is 366 g/mol. The Balaban J connectivity index is 1.67. The molecule has 140 valence electrons. The highest BCUT2D eigenvalue weighted by molar-refractivity contribution is 6.31. The second-order valence-electron chi connectivity index (χ2n) is 6.42. The molecule has 0 fully saturated rings. The van der Waals surface area contributed by atoms with Gasteiger partial charge in [0.05, 0.1) is 5.69 Å². The predicted molar refractivity (Wildman–Crippen MR) is 106 cm³/mol. The Labute approximate surface area is 162 Å². The SMILES string of the molecule is O=C(Nc1cccc(Cl)c1)N(C1=NCCCCC1)c1ccc2c(c1)OCO2. The molecule has 0 bridgehead atoms. The molecule has 0 unspecified atom stereocenters. The van der Waals surface area contributed by atoms with Crippen LogP contribution < -0.4 is 19.7 Å². The van der Waals surface area contributed by atoms with E-state index in [-0.39, 0.29) is 12.8 Å². The maximum atomic E-state index is 13.2. The monoisotopic (exact) mass is 385 g/mol. The second kappa shape index (κ2) is 7.88. The van der Waals surface area contributed by atoms with Gasteiger partial charge in [0.1, 0.15) is 5.84 Å². The number of amides is 2. The van der Waals surface area contributed by atoms with Gasteiger partial charge in [-0.2, -0.15) is 0 Å². The van der Waals surface area contributed by atoms with E-state index in [9.17, 15) is 4.79 Å². The lowest BCUT2D eigenvalue weighted by atomic mass is 10.2. The number of hydrogen-bond donors (Lipinski definition) is 1. The summed E-state index contributed by atoms with van der Waals surface area (Å²) in [4.78, 5) is 19.4. The number of urea groups is 1. The lowest BCUT2D eigenvalue weighted by Gasteiger charge is -2.25. The Hall–Kier alpha value is -2.73. The smallest absolute Gasteiger partial charge is 0.331 e. The molecule has 0 radical (unpaired) electrons. The van der Waals surface area contributed by atoms with Crippen LogP contribution in [0.15, 0.2) is 47.5 Å². The zero-order chi connectivity index (χ0) is 18.6. The fraction of sp³-hybridized carbons (Fsp3) is 0.300. The summed E-state index contributed by atoms with van der Waals surface area (Å²) in [7, 11) is 0.